The lowest BCUT2D eigenvalue weighted by Crippen LogP contribution is -2.37. The van der Waals surface area contributed by atoms with Gasteiger partial charge in [-0.15, -0.1) is 17.5 Å². The first-order valence-electron chi connectivity index (χ1n) is 10.3. The van der Waals surface area contributed by atoms with Gasteiger partial charge in [-0.3, -0.25) is 4.79 Å². The lowest BCUT2D eigenvalue weighted by atomic mass is 9.84. The van der Waals surface area contributed by atoms with E-state index in [0.29, 0.717) is 31.5 Å². The van der Waals surface area contributed by atoms with E-state index in [-0.39, 0.29) is 23.7 Å². The molecule has 1 aromatic heterocycles. The van der Waals surface area contributed by atoms with Crippen molar-refractivity contribution in [2.24, 2.45) is 0 Å². The summed E-state index contributed by atoms with van der Waals surface area (Å²) in [6.45, 7) is 9.65. The Kier molecular flexibility index (Phi) is 6.88. The molecule has 1 saturated heterocycles. The molecule has 0 bridgehead atoms. The van der Waals surface area contributed by atoms with Crippen LogP contribution in [-0.4, -0.2) is 53.7 Å². The number of carbonyl (C=O) groups is 1. The predicted molar refractivity (Wildman–Crippen MR) is 116 cm³/mol. The quantitative estimate of drug-likeness (QED) is 0.749. The molecule has 1 aromatic carbocycles. The Balaban J connectivity index is 0.00000256. The van der Waals surface area contributed by atoms with Crippen molar-refractivity contribution in [3.8, 4) is 11.5 Å². The molecule has 9 heteroatoms. The zero-order valence-corrected chi connectivity index (χ0v) is 18.6. The highest BCUT2D eigenvalue weighted by Crippen LogP contribution is 2.35. The maximum Gasteiger partial charge on any atom is 0.273 e. The van der Waals surface area contributed by atoms with Crippen LogP contribution >= 0.6 is 12.4 Å². The molecule has 0 spiro atoms. The van der Waals surface area contributed by atoms with Crippen LogP contribution in [0.1, 0.15) is 54.5 Å². The Morgan fingerprint density at radius 1 is 1.23 bits per heavy atom. The number of hydrogen-bond acceptors (Lipinski definition) is 6. The second-order valence-electron chi connectivity index (χ2n) is 8.37. The number of fused-ring (bicyclic) bond motifs is 1. The van der Waals surface area contributed by atoms with Crippen molar-refractivity contribution in [1.29, 1.82) is 0 Å². The van der Waals surface area contributed by atoms with E-state index in [1.807, 2.05) is 29.8 Å². The summed E-state index contributed by atoms with van der Waals surface area (Å²) in [4.78, 5) is 12.8. The van der Waals surface area contributed by atoms with E-state index in [2.05, 4.69) is 34.8 Å². The van der Waals surface area contributed by atoms with Crippen molar-refractivity contribution < 1.29 is 14.3 Å². The molecule has 2 aromatic rings. The van der Waals surface area contributed by atoms with Gasteiger partial charge in [0.1, 0.15) is 13.2 Å². The van der Waals surface area contributed by atoms with Gasteiger partial charge in [-0.2, -0.15) is 0 Å². The fourth-order valence-corrected chi connectivity index (χ4v) is 3.90. The zero-order valence-electron chi connectivity index (χ0n) is 17.7. The van der Waals surface area contributed by atoms with Crippen molar-refractivity contribution in [2.45, 2.75) is 45.1 Å². The number of piperidine rings is 1. The maximum atomic E-state index is 12.8. The first kappa shape index (κ1) is 22.4. The number of hydrogen-bond donors (Lipinski definition) is 2. The number of nitrogens with one attached hydrogen (secondary N) is 2. The highest BCUT2D eigenvalue weighted by molar-refractivity contribution is 5.93. The van der Waals surface area contributed by atoms with E-state index in [0.717, 1.165) is 48.7 Å². The molecule has 0 aliphatic carbocycles. The number of rotatable bonds is 5. The molecule has 4 rings (SSSR count). The number of nitrogens with zero attached hydrogens (tertiary/aromatic N) is 3. The summed E-state index contributed by atoms with van der Waals surface area (Å²) in [7, 11) is 0. The average molecular weight is 436 g/mol. The second-order valence-corrected chi connectivity index (χ2v) is 8.37. The number of benzene rings is 1. The lowest BCUT2D eigenvalue weighted by molar-refractivity contribution is 0.0940. The minimum Gasteiger partial charge on any atom is -0.486 e. The summed E-state index contributed by atoms with van der Waals surface area (Å²) in [5.74, 6) is 1.34. The van der Waals surface area contributed by atoms with E-state index >= 15 is 0 Å². The molecule has 2 N–H and O–H groups in total. The van der Waals surface area contributed by atoms with E-state index < -0.39 is 0 Å². The molecule has 0 saturated carbocycles. The van der Waals surface area contributed by atoms with Gasteiger partial charge in [0.05, 0.1) is 11.7 Å². The van der Waals surface area contributed by atoms with Crippen LogP contribution in [0.3, 0.4) is 0 Å². The van der Waals surface area contributed by atoms with Crippen LogP contribution in [-0.2, 0) is 5.41 Å². The van der Waals surface area contributed by atoms with Crippen LogP contribution in [0.5, 0.6) is 11.5 Å². The van der Waals surface area contributed by atoms with Crippen LogP contribution in [0, 0.1) is 6.92 Å². The summed E-state index contributed by atoms with van der Waals surface area (Å²) >= 11 is 0. The zero-order chi connectivity index (χ0) is 20.4. The van der Waals surface area contributed by atoms with Crippen LogP contribution in [0.25, 0.3) is 0 Å². The number of amides is 1. The summed E-state index contributed by atoms with van der Waals surface area (Å²) in [6.07, 6.45) is 2.00. The van der Waals surface area contributed by atoms with Crippen LogP contribution in [0.15, 0.2) is 18.2 Å². The Morgan fingerprint density at radius 2 is 1.93 bits per heavy atom. The van der Waals surface area contributed by atoms with Gasteiger partial charge in [0.2, 0.25) is 0 Å². The average Bonchev–Trinajstić information content (AvgIpc) is 3.13. The summed E-state index contributed by atoms with van der Waals surface area (Å²) in [5.41, 5.74) is 2.04. The lowest BCUT2D eigenvalue weighted by Gasteiger charge is -2.27. The molecule has 0 unspecified atom stereocenters. The minimum atomic E-state index is -0.273. The van der Waals surface area contributed by atoms with Crippen molar-refractivity contribution >= 4 is 18.3 Å². The molecule has 0 radical (unpaired) electrons. The third-order valence-corrected chi connectivity index (χ3v) is 5.81. The van der Waals surface area contributed by atoms with Crippen LogP contribution in [0.4, 0.5) is 0 Å². The second kappa shape index (κ2) is 9.22. The molecule has 30 heavy (non-hydrogen) atoms. The molecular weight excluding hydrogens is 406 g/mol. The van der Waals surface area contributed by atoms with Crippen molar-refractivity contribution in [3.63, 3.8) is 0 Å². The van der Waals surface area contributed by atoms with Gasteiger partial charge < -0.3 is 20.1 Å². The normalized spacial score (nSPS) is 16.6. The van der Waals surface area contributed by atoms with Gasteiger partial charge in [-0.05, 0) is 50.6 Å². The number of halogens is 1. The Morgan fingerprint density at radius 3 is 2.67 bits per heavy atom. The molecule has 2 aliphatic rings. The number of carbonyl (C=O) groups excluding carboxylic acids is 1. The van der Waals surface area contributed by atoms with Crippen LogP contribution in [0.2, 0.25) is 0 Å². The standard InChI is InChI=1S/C21H29N5O3.ClH/c1-14-19(24-25-26(14)16-6-8-22-9-7-16)20(27)23-13-21(2,3)15-4-5-17-18(12-15)29-11-10-28-17;/h4-5,12,16,22H,6-11,13H2,1-3H3,(H,23,27);1H. The molecule has 0 atom stereocenters. The first-order valence-corrected chi connectivity index (χ1v) is 10.3. The smallest absolute Gasteiger partial charge is 0.273 e. The monoisotopic (exact) mass is 435 g/mol. The van der Waals surface area contributed by atoms with E-state index in [1.54, 1.807) is 0 Å². The summed E-state index contributed by atoms with van der Waals surface area (Å²) in [6, 6.07) is 6.26. The molecule has 8 nitrogen and oxygen atoms in total. The third kappa shape index (κ3) is 4.54. The molecule has 164 valence electrons. The van der Waals surface area contributed by atoms with Crippen molar-refractivity contribution in [2.75, 3.05) is 32.8 Å². The minimum absolute atomic E-state index is 0. The van der Waals surface area contributed by atoms with E-state index in [9.17, 15) is 4.79 Å². The Hall–Kier alpha value is -2.32. The summed E-state index contributed by atoms with van der Waals surface area (Å²) in [5, 5.41) is 14.8. The maximum absolute atomic E-state index is 12.8. The summed E-state index contributed by atoms with van der Waals surface area (Å²) < 4.78 is 13.2. The largest absolute Gasteiger partial charge is 0.486 e. The van der Waals surface area contributed by atoms with Crippen molar-refractivity contribution in [1.82, 2.24) is 25.6 Å². The van der Waals surface area contributed by atoms with Gasteiger partial charge in [0.15, 0.2) is 17.2 Å². The Labute approximate surface area is 183 Å². The highest BCUT2D eigenvalue weighted by atomic mass is 35.5. The van der Waals surface area contributed by atoms with Gasteiger partial charge in [-0.25, -0.2) is 4.68 Å². The van der Waals surface area contributed by atoms with Gasteiger partial charge in [-0.1, -0.05) is 25.1 Å². The topological polar surface area (TPSA) is 90.3 Å². The SMILES string of the molecule is Cc1c(C(=O)NCC(C)(C)c2ccc3c(c2)OCCO3)nnn1C1CCNCC1.Cl. The fraction of sp³-hybridized carbons (Fsp3) is 0.571. The van der Waals surface area contributed by atoms with E-state index in [4.69, 9.17) is 9.47 Å². The number of ether oxygens (including phenoxy) is 2. The van der Waals surface area contributed by atoms with Crippen LogP contribution < -0.4 is 20.1 Å². The third-order valence-electron chi connectivity index (χ3n) is 5.81. The van der Waals surface area contributed by atoms with Gasteiger partial charge in [0.25, 0.3) is 5.91 Å². The number of aromatic nitrogens is 3. The molecular formula is C21H30ClN5O3. The predicted octanol–water partition coefficient (Wildman–Crippen LogP) is 2.41. The van der Waals surface area contributed by atoms with Gasteiger partial charge >= 0.3 is 0 Å². The fourth-order valence-electron chi connectivity index (χ4n) is 3.90. The van der Waals surface area contributed by atoms with E-state index in [1.165, 1.54) is 0 Å². The van der Waals surface area contributed by atoms with Gasteiger partial charge in [0, 0.05) is 12.0 Å². The Bertz CT molecular complexity index is 893. The highest BCUT2D eigenvalue weighted by Gasteiger charge is 2.27. The van der Waals surface area contributed by atoms with Crippen molar-refractivity contribution in [3.05, 3.63) is 35.2 Å². The molecule has 1 amide bonds. The molecule has 2 aliphatic heterocycles. The molecule has 3 heterocycles. The molecule has 1 fully saturated rings. The first-order chi connectivity index (χ1) is 14.0.